The average molecular weight is 468 g/mol. The summed E-state index contributed by atoms with van der Waals surface area (Å²) in [7, 11) is 0. The second kappa shape index (κ2) is 8.49. The van der Waals surface area contributed by atoms with Gasteiger partial charge in [0.15, 0.2) is 5.16 Å². The van der Waals surface area contributed by atoms with Crippen molar-refractivity contribution >= 4 is 56.5 Å². The monoisotopic (exact) mass is 467 g/mol. The van der Waals surface area contributed by atoms with Crippen LogP contribution in [0.5, 0.6) is 0 Å². The molecule has 31 heavy (non-hydrogen) atoms. The molecule has 0 spiro atoms. The summed E-state index contributed by atoms with van der Waals surface area (Å²) in [4.78, 5) is 30.4. The predicted molar refractivity (Wildman–Crippen MR) is 128 cm³/mol. The number of anilines is 1. The van der Waals surface area contributed by atoms with Crippen LogP contribution in [0.3, 0.4) is 0 Å². The van der Waals surface area contributed by atoms with Gasteiger partial charge in [-0.15, -0.1) is 11.3 Å². The molecule has 2 heterocycles. The van der Waals surface area contributed by atoms with E-state index in [1.54, 1.807) is 28.8 Å². The minimum atomic E-state index is -0.149. The van der Waals surface area contributed by atoms with Crippen LogP contribution in [-0.4, -0.2) is 21.2 Å². The van der Waals surface area contributed by atoms with Crippen LogP contribution >= 0.6 is 34.7 Å². The number of hydrogen-bond acceptors (Lipinski definition) is 5. The summed E-state index contributed by atoms with van der Waals surface area (Å²) in [6, 6.07) is 14.9. The van der Waals surface area contributed by atoms with Gasteiger partial charge in [0.2, 0.25) is 5.91 Å². The van der Waals surface area contributed by atoms with Crippen molar-refractivity contribution < 1.29 is 4.79 Å². The summed E-state index contributed by atoms with van der Waals surface area (Å²) in [6.45, 7) is 0. The van der Waals surface area contributed by atoms with Crippen LogP contribution < -0.4 is 10.9 Å². The van der Waals surface area contributed by atoms with Gasteiger partial charge < -0.3 is 5.32 Å². The molecule has 1 N–H and O–H groups in total. The molecule has 2 aromatic carbocycles. The number of nitrogens with zero attached hydrogens (tertiary/aromatic N) is 2. The molecule has 0 unspecified atom stereocenters. The molecule has 4 aromatic rings. The van der Waals surface area contributed by atoms with Gasteiger partial charge in [-0.2, -0.15) is 0 Å². The number of fused-ring (bicyclic) bond motifs is 2. The molecule has 5 rings (SSSR count). The van der Waals surface area contributed by atoms with Crippen molar-refractivity contribution in [1.29, 1.82) is 0 Å². The van der Waals surface area contributed by atoms with Crippen molar-refractivity contribution in [1.82, 2.24) is 9.55 Å². The molecule has 8 heteroatoms. The first-order valence-corrected chi connectivity index (χ1v) is 12.1. The van der Waals surface area contributed by atoms with Gasteiger partial charge in [0.05, 0.1) is 17.0 Å². The lowest BCUT2D eigenvalue weighted by atomic mass is 10.1. The SMILES string of the molecule is O=C(CSc1nc2ccsc2c(=O)n1-c1ccc(Cl)cc1)Nc1ccc2c(c1)CCC2. The molecule has 0 fully saturated rings. The van der Waals surface area contributed by atoms with E-state index in [4.69, 9.17) is 11.6 Å². The summed E-state index contributed by atoms with van der Waals surface area (Å²) in [5, 5.41) is 5.87. The number of amides is 1. The Labute approximate surface area is 192 Å². The van der Waals surface area contributed by atoms with E-state index in [0.29, 0.717) is 26.1 Å². The standard InChI is InChI=1S/C23H18ClN3O2S2/c24-16-5-8-18(9-6-16)27-22(29)21-19(10-11-30-21)26-23(27)31-13-20(28)25-17-7-4-14-2-1-3-15(14)12-17/h4-12H,1-3,13H2,(H,25,28). The summed E-state index contributed by atoms with van der Waals surface area (Å²) in [5.74, 6) is 0.0116. The van der Waals surface area contributed by atoms with Gasteiger partial charge in [0.25, 0.3) is 5.56 Å². The van der Waals surface area contributed by atoms with Gasteiger partial charge in [-0.3, -0.25) is 14.2 Å². The second-order valence-corrected chi connectivity index (χ2v) is 9.62. The van der Waals surface area contributed by atoms with E-state index in [2.05, 4.69) is 22.4 Å². The molecule has 0 aliphatic heterocycles. The zero-order chi connectivity index (χ0) is 21.4. The molecular weight excluding hydrogens is 450 g/mol. The summed E-state index contributed by atoms with van der Waals surface area (Å²) < 4.78 is 2.13. The number of thioether (sulfide) groups is 1. The molecule has 2 aromatic heterocycles. The van der Waals surface area contributed by atoms with E-state index in [1.807, 2.05) is 17.5 Å². The van der Waals surface area contributed by atoms with Crippen molar-refractivity contribution in [3.63, 3.8) is 0 Å². The number of aryl methyl sites for hydroxylation is 2. The van der Waals surface area contributed by atoms with Crippen LogP contribution in [0.4, 0.5) is 5.69 Å². The number of aromatic nitrogens is 2. The first kappa shape index (κ1) is 20.3. The van der Waals surface area contributed by atoms with Crippen molar-refractivity contribution in [3.05, 3.63) is 80.4 Å². The fraction of sp³-hybridized carbons (Fsp3) is 0.174. The van der Waals surface area contributed by atoms with Crippen LogP contribution in [0.15, 0.2) is 63.9 Å². The maximum absolute atomic E-state index is 13.1. The highest BCUT2D eigenvalue weighted by atomic mass is 35.5. The molecule has 0 atom stereocenters. The topological polar surface area (TPSA) is 64.0 Å². The largest absolute Gasteiger partial charge is 0.325 e. The summed E-state index contributed by atoms with van der Waals surface area (Å²) in [6.07, 6.45) is 3.34. The van der Waals surface area contributed by atoms with Gasteiger partial charge in [-0.05, 0) is 78.2 Å². The van der Waals surface area contributed by atoms with Crippen LogP contribution in [0.25, 0.3) is 15.9 Å². The molecule has 0 radical (unpaired) electrons. The van der Waals surface area contributed by atoms with E-state index in [-0.39, 0.29) is 17.2 Å². The van der Waals surface area contributed by atoms with Crippen molar-refractivity contribution in [3.8, 4) is 5.69 Å². The van der Waals surface area contributed by atoms with Crippen LogP contribution in [-0.2, 0) is 17.6 Å². The van der Waals surface area contributed by atoms with Crippen LogP contribution in [0.1, 0.15) is 17.5 Å². The smallest absolute Gasteiger partial charge is 0.276 e. The Morgan fingerprint density at radius 2 is 1.94 bits per heavy atom. The predicted octanol–water partition coefficient (Wildman–Crippen LogP) is 5.32. The Hall–Kier alpha value is -2.61. The zero-order valence-electron chi connectivity index (χ0n) is 16.4. The molecule has 0 saturated heterocycles. The summed E-state index contributed by atoms with van der Waals surface area (Å²) in [5.41, 5.74) is 4.64. The highest BCUT2D eigenvalue weighted by molar-refractivity contribution is 7.99. The number of carbonyl (C=O) groups is 1. The lowest BCUT2D eigenvalue weighted by Crippen LogP contribution is -2.22. The average Bonchev–Trinajstić information content (AvgIpc) is 3.42. The van der Waals surface area contributed by atoms with Gasteiger partial charge in [-0.25, -0.2) is 4.98 Å². The Morgan fingerprint density at radius 3 is 2.77 bits per heavy atom. The van der Waals surface area contributed by atoms with E-state index >= 15 is 0 Å². The molecule has 1 aliphatic carbocycles. The molecule has 0 saturated carbocycles. The van der Waals surface area contributed by atoms with E-state index in [0.717, 1.165) is 18.5 Å². The van der Waals surface area contributed by atoms with Gasteiger partial charge >= 0.3 is 0 Å². The number of hydrogen-bond donors (Lipinski definition) is 1. The Balaban J connectivity index is 1.40. The second-order valence-electron chi connectivity index (χ2n) is 7.32. The number of halogens is 1. The van der Waals surface area contributed by atoms with Crippen molar-refractivity contribution in [2.24, 2.45) is 0 Å². The quantitative estimate of drug-likeness (QED) is 0.318. The molecule has 1 aliphatic rings. The Bertz CT molecular complexity index is 1350. The lowest BCUT2D eigenvalue weighted by molar-refractivity contribution is -0.113. The first-order chi connectivity index (χ1) is 15.1. The fourth-order valence-electron chi connectivity index (χ4n) is 3.78. The fourth-order valence-corrected chi connectivity index (χ4v) is 5.48. The maximum Gasteiger partial charge on any atom is 0.276 e. The number of benzene rings is 2. The molecular formula is C23H18ClN3O2S2. The number of rotatable bonds is 5. The number of nitrogens with one attached hydrogen (secondary N) is 1. The maximum atomic E-state index is 13.1. The van der Waals surface area contributed by atoms with Gasteiger partial charge in [0, 0.05) is 10.7 Å². The van der Waals surface area contributed by atoms with Gasteiger partial charge in [0.1, 0.15) is 4.70 Å². The number of carbonyl (C=O) groups excluding carboxylic acids is 1. The van der Waals surface area contributed by atoms with E-state index < -0.39 is 0 Å². The van der Waals surface area contributed by atoms with Crippen molar-refractivity contribution in [2.45, 2.75) is 24.4 Å². The Kier molecular flexibility index (Phi) is 5.56. The molecule has 5 nitrogen and oxygen atoms in total. The zero-order valence-corrected chi connectivity index (χ0v) is 18.8. The minimum absolute atomic E-state index is 0.134. The normalized spacial score (nSPS) is 12.8. The molecule has 156 valence electrons. The highest BCUT2D eigenvalue weighted by Gasteiger charge is 2.16. The molecule has 1 amide bonds. The highest BCUT2D eigenvalue weighted by Crippen LogP contribution is 2.26. The first-order valence-electron chi connectivity index (χ1n) is 9.89. The van der Waals surface area contributed by atoms with Crippen molar-refractivity contribution in [2.75, 3.05) is 11.1 Å². The molecule has 0 bridgehead atoms. The summed E-state index contributed by atoms with van der Waals surface area (Å²) >= 11 is 8.61. The van der Waals surface area contributed by atoms with Crippen LogP contribution in [0.2, 0.25) is 5.02 Å². The third kappa shape index (κ3) is 4.13. The van der Waals surface area contributed by atoms with Crippen LogP contribution in [0, 0.1) is 0 Å². The van der Waals surface area contributed by atoms with E-state index in [1.165, 1.54) is 40.6 Å². The Morgan fingerprint density at radius 1 is 1.13 bits per heavy atom. The van der Waals surface area contributed by atoms with E-state index in [9.17, 15) is 9.59 Å². The minimum Gasteiger partial charge on any atom is -0.325 e. The lowest BCUT2D eigenvalue weighted by Gasteiger charge is -2.12. The third-order valence-corrected chi connectivity index (χ3v) is 7.33. The number of thiophene rings is 1. The third-order valence-electron chi connectivity index (χ3n) is 5.25. The van der Waals surface area contributed by atoms with Gasteiger partial charge in [-0.1, -0.05) is 29.4 Å².